The first-order valence-corrected chi connectivity index (χ1v) is 7.02. The van der Waals surface area contributed by atoms with E-state index in [-0.39, 0.29) is 11.9 Å². The zero-order valence-corrected chi connectivity index (χ0v) is 11.9. The van der Waals surface area contributed by atoms with Crippen LogP contribution in [-0.2, 0) is 0 Å². The molecule has 1 atom stereocenters. The highest BCUT2D eigenvalue weighted by atomic mass is 16.1. The van der Waals surface area contributed by atoms with Crippen molar-refractivity contribution in [2.45, 2.75) is 25.8 Å². The fourth-order valence-electron chi connectivity index (χ4n) is 2.64. The molecule has 2 aromatic rings. The van der Waals surface area contributed by atoms with Crippen molar-refractivity contribution in [2.24, 2.45) is 5.73 Å². The van der Waals surface area contributed by atoms with Crippen molar-refractivity contribution in [3.8, 4) is 0 Å². The highest BCUT2D eigenvalue weighted by Crippen LogP contribution is 2.24. The van der Waals surface area contributed by atoms with Gasteiger partial charge >= 0.3 is 0 Å². The van der Waals surface area contributed by atoms with Crippen molar-refractivity contribution in [3.05, 3.63) is 36.0 Å². The molecule has 0 bridgehead atoms. The summed E-state index contributed by atoms with van der Waals surface area (Å²) < 4.78 is 1.74. The topological polar surface area (TPSA) is 89.9 Å². The Morgan fingerprint density at radius 1 is 1.43 bits per heavy atom. The minimum Gasteiger partial charge on any atom is -0.363 e. The number of hydrogen-bond acceptors (Lipinski definition) is 5. The van der Waals surface area contributed by atoms with Crippen molar-refractivity contribution in [3.63, 3.8) is 0 Å². The number of pyridine rings is 1. The number of nitrogens with zero attached hydrogens (tertiary/aromatic N) is 5. The van der Waals surface area contributed by atoms with Gasteiger partial charge in [-0.3, -0.25) is 4.79 Å². The van der Waals surface area contributed by atoms with E-state index in [9.17, 15) is 4.79 Å². The first kappa shape index (κ1) is 13.5. The van der Waals surface area contributed by atoms with Crippen LogP contribution in [0.3, 0.4) is 0 Å². The molecule has 1 unspecified atom stereocenters. The van der Waals surface area contributed by atoms with Crippen LogP contribution in [0.15, 0.2) is 24.7 Å². The van der Waals surface area contributed by atoms with Gasteiger partial charge in [0, 0.05) is 19.3 Å². The van der Waals surface area contributed by atoms with Crippen LogP contribution in [0.4, 0.5) is 5.82 Å². The number of hydrogen-bond donors (Lipinski definition) is 1. The number of amides is 1. The zero-order valence-electron chi connectivity index (χ0n) is 11.9. The number of aryl methyl sites for hydroxylation is 1. The summed E-state index contributed by atoms with van der Waals surface area (Å²) in [5.41, 5.74) is 6.39. The molecule has 0 aromatic carbocycles. The van der Waals surface area contributed by atoms with Crippen molar-refractivity contribution in [1.29, 1.82) is 0 Å². The quantitative estimate of drug-likeness (QED) is 0.906. The summed E-state index contributed by atoms with van der Waals surface area (Å²) in [7, 11) is 0. The maximum atomic E-state index is 11.1. The fourth-order valence-corrected chi connectivity index (χ4v) is 2.64. The van der Waals surface area contributed by atoms with Crippen molar-refractivity contribution in [1.82, 2.24) is 19.7 Å². The first-order chi connectivity index (χ1) is 10.1. The molecule has 1 amide bonds. The van der Waals surface area contributed by atoms with E-state index in [0.29, 0.717) is 0 Å². The molecular formula is C14H18N6O. The van der Waals surface area contributed by atoms with Gasteiger partial charge in [0.15, 0.2) is 0 Å². The van der Waals surface area contributed by atoms with E-state index in [0.717, 1.165) is 31.7 Å². The number of aromatic nitrogens is 4. The van der Waals surface area contributed by atoms with Crippen molar-refractivity contribution >= 4 is 11.7 Å². The minimum atomic E-state index is -0.596. The van der Waals surface area contributed by atoms with E-state index in [2.05, 4.69) is 33.0 Å². The number of rotatable bonds is 3. The van der Waals surface area contributed by atoms with Gasteiger partial charge in [-0.2, -0.15) is 0 Å². The Bertz CT molecular complexity index is 652. The normalized spacial score (nSPS) is 18.7. The lowest BCUT2D eigenvalue weighted by atomic mass is 10.1. The van der Waals surface area contributed by atoms with Gasteiger partial charge in [0.25, 0.3) is 5.91 Å². The average Bonchev–Trinajstić information content (AvgIpc) is 2.97. The summed E-state index contributed by atoms with van der Waals surface area (Å²) in [5.74, 6) is 0.456. The van der Waals surface area contributed by atoms with E-state index in [1.165, 1.54) is 5.56 Å². The molecule has 7 nitrogen and oxygen atoms in total. The molecule has 0 saturated carbocycles. The predicted molar refractivity (Wildman–Crippen MR) is 78.0 cm³/mol. The minimum absolute atomic E-state index is 0.0702. The van der Waals surface area contributed by atoms with Gasteiger partial charge in [0.05, 0.1) is 6.04 Å². The summed E-state index contributed by atoms with van der Waals surface area (Å²) in [4.78, 5) is 21.7. The lowest BCUT2D eigenvalue weighted by molar-refractivity contribution is 0.0990. The lowest BCUT2D eigenvalue weighted by Gasteiger charge is -2.33. The number of piperidine rings is 1. The summed E-state index contributed by atoms with van der Waals surface area (Å²) in [5, 5.41) is 4.16. The molecule has 0 radical (unpaired) electrons. The van der Waals surface area contributed by atoms with Crippen LogP contribution in [0.2, 0.25) is 0 Å². The number of primary amides is 1. The van der Waals surface area contributed by atoms with E-state index in [4.69, 9.17) is 5.73 Å². The van der Waals surface area contributed by atoms with Crippen molar-refractivity contribution < 1.29 is 4.79 Å². The smallest absolute Gasteiger partial charge is 0.288 e. The molecule has 110 valence electrons. The zero-order chi connectivity index (χ0) is 14.8. The first-order valence-electron chi connectivity index (χ1n) is 7.02. The number of anilines is 1. The number of carbonyl (C=O) groups excluding carboxylic acids is 1. The fraction of sp³-hybridized carbons (Fsp3) is 0.429. The molecule has 1 aliphatic rings. The van der Waals surface area contributed by atoms with Gasteiger partial charge in [0.1, 0.15) is 12.1 Å². The second-order valence-electron chi connectivity index (χ2n) is 5.35. The molecule has 3 heterocycles. The van der Waals surface area contributed by atoms with Crippen LogP contribution in [0, 0.1) is 6.92 Å². The third-order valence-corrected chi connectivity index (χ3v) is 3.72. The molecular weight excluding hydrogens is 268 g/mol. The van der Waals surface area contributed by atoms with Gasteiger partial charge in [-0.25, -0.2) is 14.6 Å². The Labute approximate surface area is 122 Å². The molecule has 0 spiro atoms. The lowest BCUT2D eigenvalue weighted by Crippen LogP contribution is -2.37. The Kier molecular flexibility index (Phi) is 3.55. The molecule has 1 fully saturated rings. The molecule has 2 N–H and O–H groups in total. The Morgan fingerprint density at radius 2 is 2.29 bits per heavy atom. The second-order valence-corrected chi connectivity index (χ2v) is 5.35. The number of carbonyl (C=O) groups is 1. The van der Waals surface area contributed by atoms with Gasteiger partial charge in [-0.05, 0) is 37.5 Å². The highest BCUT2D eigenvalue weighted by Gasteiger charge is 2.23. The summed E-state index contributed by atoms with van der Waals surface area (Å²) in [6.07, 6.45) is 5.46. The van der Waals surface area contributed by atoms with E-state index < -0.39 is 5.91 Å². The SMILES string of the molecule is Cc1ccnc(N2CCCC(n3cnc(C(N)=O)n3)C2)c1. The van der Waals surface area contributed by atoms with Crippen LogP contribution in [0.5, 0.6) is 0 Å². The second kappa shape index (κ2) is 5.51. The van der Waals surface area contributed by atoms with Gasteiger partial charge in [-0.1, -0.05) is 0 Å². The standard InChI is InChI=1S/C14H18N6O/c1-10-4-5-16-12(7-10)19-6-2-3-11(8-19)20-9-17-14(18-20)13(15)21/h4-5,7,9,11H,2-3,6,8H2,1H3,(H2,15,21). The van der Waals surface area contributed by atoms with E-state index in [1.54, 1.807) is 11.0 Å². The highest BCUT2D eigenvalue weighted by molar-refractivity contribution is 5.88. The van der Waals surface area contributed by atoms with Gasteiger partial charge < -0.3 is 10.6 Å². The number of nitrogens with two attached hydrogens (primary N) is 1. The van der Waals surface area contributed by atoms with Gasteiger partial charge in [-0.15, -0.1) is 5.10 Å². The summed E-state index contributed by atoms with van der Waals surface area (Å²) in [6, 6.07) is 4.25. The Hall–Kier alpha value is -2.44. The van der Waals surface area contributed by atoms with Crippen LogP contribution in [0.1, 0.15) is 35.1 Å². The molecule has 1 aliphatic heterocycles. The van der Waals surface area contributed by atoms with Crippen LogP contribution in [0.25, 0.3) is 0 Å². The molecule has 21 heavy (non-hydrogen) atoms. The summed E-state index contributed by atoms with van der Waals surface area (Å²) >= 11 is 0. The third kappa shape index (κ3) is 2.86. The average molecular weight is 286 g/mol. The van der Waals surface area contributed by atoms with E-state index >= 15 is 0 Å². The van der Waals surface area contributed by atoms with Crippen LogP contribution < -0.4 is 10.6 Å². The molecule has 2 aromatic heterocycles. The molecule has 1 saturated heterocycles. The molecule has 0 aliphatic carbocycles. The molecule has 7 heteroatoms. The maximum Gasteiger partial charge on any atom is 0.288 e. The van der Waals surface area contributed by atoms with Crippen LogP contribution >= 0.6 is 0 Å². The van der Waals surface area contributed by atoms with Crippen molar-refractivity contribution in [2.75, 3.05) is 18.0 Å². The Balaban J connectivity index is 1.77. The molecule has 3 rings (SSSR count). The van der Waals surface area contributed by atoms with E-state index in [1.807, 2.05) is 12.3 Å². The monoisotopic (exact) mass is 286 g/mol. The summed E-state index contributed by atoms with van der Waals surface area (Å²) in [6.45, 7) is 3.84. The van der Waals surface area contributed by atoms with Gasteiger partial charge in [0.2, 0.25) is 5.82 Å². The Morgan fingerprint density at radius 3 is 3.00 bits per heavy atom. The van der Waals surface area contributed by atoms with Crippen LogP contribution in [-0.4, -0.2) is 38.7 Å². The third-order valence-electron chi connectivity index (χ3n) is 3.72. The predicted octanol–water partition coefficient (Wildman–Crippen LogP) is 0.922. The maximum absolute atomic E-state index is 11.1. The largest absolute Gasteiger partial charge is 0.363 e.